The van der Waals surface area contributed by atoms with E-state index in [0.29, 0.717) is 28.2 Å². The first-order chi connectivity index (χ1) is 14.2. The van der Waals surface area contributed by atoms with Crippen LogP contribution in [0, 0.1) is 0 Å². The summed E-state index contributed by atoms with van der Waals surface area (Å²) in [7, 11) is 1.59. The highest BCUT2D eigenvalue weighted by Gasteiger charge is 2.15. The summed E-state index contributed by atoms with van der Waals surface area (Å²) in [4.78, 5) is 17.8. The molecular formula is C22H23Br2N3O3. The number of aromatic nitrogens is 2. The zero-order valence-electron chi connectivity index (χ0n) is 17.4. The molecule has 3 aromatic rings. The summed E-state index contributed by atoms with van der Waals surface area (Å²) < 4.78 is 14.2. The molecule has 158 valence electrons. The first-order valence-corrected chi connectivity index (χ1v) is 11.1. The van der Waals surface area contributed by atoms with Gasteiger partial charge in [0, 0.05) is 20.4 Å². The summed E-state index contributed by atoms with van der Waals surface area (Å²) in [5.74, 6) is 1.83. The monoisotopic (exact) mass is 535 g/mol. The van der Waals surface area contributed by atoms with Gasteiger partial charge in [0.1, 0.15) is 5.82 Å². The van der Waals surface area contributed by atoms with Crippen LogP contribution in [-0.2, 0) is 0 Å². The predicted molar refractivity (Wildman–Crippen MR) is 127 cm³/mol. The summed E-state index contributed by atoms with van der Waals surface area (Å²) in [6.07, 6.45) is 1.63. The Morgan fingerprint density at radius 1 is 1.10 bits per heavy atom. The van der Waals surface area contributed by atoms with Crippen molar-refractivity contribution < 1.29 is 9.47 Å². The van der Waals surface area contributed by atoms with Crippen LogP contribution in [0.25, 0.3) is 10.9 Å². The Hall–Kier alpha value is -2.19. The lowest BCUT2D eigenvalue weighted by Gasteiger charge is -2.15. The summed E-state index contributed by atoms with van der Waals surface area (Å²) in [6, 6.07) is 9.11. The van der Waals surface area contributed by atoms with E-state index >= 15 is 0 Å². The molecule has 0 N–H and O–H groups in total. The molecule has 0 aliphatic rings. The minimum Gasteiger partial charge on any atom is -0.493 e. The van der Waals surface area contributed by atoms with Gasteiger partial charge in [0.25, 0.3) is 5.56 Å². The van der Waals surface area contributed by atoms with Crippen LogP contribution in [0.2, 0.25) is 0 Å². The molecule has 1 heterocycles. The third-order valence-electron chi connectivity index (χ3n) is 4.31. The van der Waals surface area contributed by atoms with Gasteiger partial charge in [-0.15, -0.1) is 0 Å². The predicted octanol–water partition coefficient (Wildman–Crippen LogP) is 5.72. The number of methoxy groups -OCH3 is 1. The number of hydrogen-bond donors (Lipinski definition) is 0. The zero-order chi connectivity index (χ0) is 22.0. The standard InChI is InChI=1S/C22H23Br2N3O3/c1-12(2)21-26-18-7-6-15(23)9-16(18)22(28)27(21)25-11-14-8-19(29-5)20(10-17(14)24)30-13(3)4/h6-13H,1-5H3. The van der Waals surface area contributed by atoms with Crippen LogP contribution in [-0.4, -0.2) is 29.1 Å². The third kappa shape index (κ3) is 4.75. The lowest BCUT2D eigenvalue weighted by molar-refractivity contribution is 0.230. The van der Waals surface area contributed by atoms with E-state index in [9.17, 15) is 4.79 Å². The molecule has 0 aliphatic heterocycles. The van der Waals surface area contributed by atoms with Gasteiger partial charge in [-0.3, -0.25) is 4.79 Å². The molecule has 0 amide bonds. The molecule has 6 nitrogen and oxygen atoms in total. The van der Waals surface area contributed by atoms with Crippen LogP contribution in [0.15, 0.2) is 49.2 Å². The van der Waals surface area contributed by atoms with E-state index in [0.717, 1.165) is 14.5 Å². The SMILES string of the molecule is COc1cc(C=Nn2c(C(C)C)nc3ccc(Br)cc3c2=O)c(Br)cc1OC(C)C. The van der Waals surface area contributed by atoms with Crippen molar-refractivity contribution in [1.82, 2.24) is 9.66 Å². The Bertz CT molecular complexity index is 1170. The zero-order valence-corrected chi connectivity index (χ0v) is 20.6. The second-order valence-electron chi connectivity index (χ2n) is 7.34. The summed E-state index contributed by atoms with van der Waals surface area (Å²) in [5.41, 5.74) is 1.18. The molecule has 8 heteroatoms. The first kappa shape index (κ1) is 22.5. The van der Waals surface area contributed by atoms with Crippen molar-refractivity contribution in [1.29, 1.82) is 0 Å². The Kier molecular flexibility index (Phi) is 6.98. The maximum absolute atomic E-state index is 13.1. The van der Waals surface area contributed by atoms with E-state index in [1.165, 1.54) is 4.68 Å². The molecule has 0 fully saturated rings. The maximum atomic E-state index is 13.1. The van der Waals surface area contributed by atoms with Gasteiger partial charge >= 0.3 is 0 Å². The number of hydrogen-bond acceptors (Lipinski definition) is 5. The van der Waals surface area contributed by atoms with Gasteiger partial charge in [-0.05, 0) is 60.1 Å². The highest BCUT2D eigenvalue weighted by atomic mass is 79.9. The molecule has 0 saturated heterocycles. The highest BCUT2D eigenvalue weighted by Crippen LogP contribution is 2.33. The number of halogens is 2. The van der Waals surface area contributed by atoms with Crippen molar-refractivity contribution in [3.63, 3.8) is 0 Å². The molecule has 30 heavy (non-hydrogen) atoms. The van der Waals surface area contributed by atoms with Gasteiger partial charge < -0.3 is 9.47 Å². The highest BCUT2D eigenvalue weighted by molar-refractivity contribution is 9.10. The second-order valence-corrected chi connectivity index (χ2v) is 9.11. The molecular weight excluding hydrogens is 514 g/mol. The minimum absolute atomic E-state index is 0.0143. The Labute approximate surface area is 192 Å². The fourth-order valence-electron chi connectivity index (χ4n) is 2.93. The third-order valence-corrected chi connectivity index (χ3v) is 5.49. The van der Waals surface area contributed by atoms with E-state index in [-0.39, 0.29) is 17.6 Å². The molecule has 0 unspecified atom stereocenters. The number of fused-ring (bicyclic) bond motifs is 1. The molecule has 1 aromatic heterocycles. The normalized spacial score (nSPS) is 11.8. The quantitative estimate of drug-likeness (QED) is 0.378. The van der Waals surface area contributed by atoms with Crippen molar-refractivity contribution in [2.24, 2.45) is 5.10 Å². The minimum atomic E-state index is -0.218. The van der Waals surface area contributed by atoms with Gasteiger partial charge in [0.15, 0.2) is 11.5 Å². The van der Waals surface area contributed by atoms with Crippen LogP contribution in [0.5, 0.6) is 11.5 Å². The van der Waals surface area contributed by atoms with Crippen molar-refractivity contribution in [3.05, 3.63) is 61.0 Å². The van der Waals surface area contributed by atoms with E-state index in [2.05, 4.69) is 41.9 Å². The Morgan fingerprint density at radius 3 is 2.47 bits per heavy atom. The van der Waals surface area contributed by atoms with Crippen LogP contribution in [0.1, 0.15) is 45.0 Å². The molecule has 0 saturated carbocycles. The summed E-state index contributed by atoms with van der Waals surface area (Å²) >= 11 is 6.97. The van der Waals surface area contributed by atoms with Crippen molar-refractivity contribution in [3.8, 4) is 11.5 Å². The second kappa shape index (κ2) is 9.31. The summed E-state index contributed by atoms with van der Waals surface area (Å²) in [6.45, 7) is 7.87. The molecule has 0 spiro atoms. The van der Waals surface area contributed by atoms with Crippen molar-refractivity contribution in [2.45, 2.75) is 39.7 Å². The topological polar surface area (TPSA) is 65.7 Å². The molecule has 3 rings (SSSR count). The van der Waals surface area contributed by atoms with Crippen LogP contribution in [0.4, 0.5) is 0 Å². The molecule has 0 atom stereocenters. The van der Waals surface area contributed by atoms with Crippen LogP contribution < -0.4 is 15.0 Å². The molecule has 0 bridgehead atoms. The smallest absolute Gasteiger partial charge is 0.282 e. The van der Waals surface area contributed by atoms with E-state index < -0.39 is 0 Å². The lowest BCUT2D eigenvalue weighted by atomic mass is 10.2. The lowest BCUT2D eigenvalue weighted by Crippen LogP contribution is -2.23. The molecule has 0 aliphatic carbocycles. The fourth-order valence-corrected chi connectivity index (χ4v) is 3.71. The van der Waals surface area contributed by atoms with Gasteiger partial charge in [-0.1, -0.05) is 29.8 Å². The average molecular weight is 537 g/mol. The number of ether oxygens (including phenoxy) is 2. The Balaban J connectivity index is 2.12. The fraction of sp³-hybridized carbons (Fsp3) is 0.318. The average Bonchev–Trinajstić information content (AvgIpc) is 2.68. The van der Waals surface area contributed by atoms with E-state index in [1.807, 2.05) is 52.0 Å². The molecule has 2 aromatic carbocycles. The van der Waals surface area contributed by atoms with Gasteiger partial charge in [-0.25, -0.2) is 4.98 Å². The van der Waals surface area contributed by atoms with Gasteiger partial charge in [0.2, 0.25) is 0 Å². The van der Waals surface area contributed by atoms with Crippen molar-refractivity contribution in [2.75, 3.05) is 7.11 Å². The maximum Gasteiger partial charge on any atom is 0.282 e. The van der Waals surface area contributed by atoms with E-state index in [1.54, 1.807) is 19.4 Å². The van der Waals surface area contributed by atoms with Crippen molar-refractivity contribution >= 4 is 49.0 Å². The summed E-state index contributed by atoms with van der Waals surface area (Å²) in [5, 5.41) is 4.98. The first-order valence-electron chi connectivity index (χ1n) is 9.52. The van der Waals surface area contributed by atoms with E-state index in [4.69, 9.17) is 9.47 Å². The van der Waals surface area contributed by atoms with Gasteiger partial charge in [-0.2, -0.15) is 9.78 Å². The van der Waals surface area contributed by atoms with Crippen LogP contribution >= 0.6 is 31.9 Å². The number of rotatable bonds is 6. The Morgan fingerprint density at radius 2 is 1.83 bits per heavy atom. The molecule has 0 radical (unpaired) electrons. The largest absolute Gasteiger partial charge is 0.493 e. The number of nitrogens with zero attached hydrogens (tertiary/aromatic N) is 3. The van der Waals surface area contributed by atoms with Crippen LogP contribution in [0.3, 0.4) is 0 Å². The number of benzene rings is 2. The van der Waals surface area contributed by atoms with Gasteiger partial charge in [0.05, 0.1) is 30.3 Å².